The van der Waals surface area contributed by atoms with Gasteiger partial charge in [0.15, 0.2) is 0 Å². The average Bonchev–Trinajstić information content (AvgIpc) is 3.19. The number of hydrogen-bond donors (Lipinski definition) is 0. The van der Waals surface area contributed by atoms with Crippen molar-refractivity contribution in [3.63, 3.8) is 0 Å². The van der Waals surface area contributed by atoms with Crippen molar-refractivity contribution >= 4 is 23.9 Å². The highest BCUT2D eigenvalue weighted by molar-refractivity contribution is 5.86. The van der Waals surface area contributed by atoms with Crippen LogP contribution in [0.15, 0.2) is 99.2 Å². The van der Waals surface area contributed by atoms with Crippen LogP contribution in [0.2, 0.25) is 0 Å². The quantitative estimate of drug-likeness (QED) is 0.0863. The van der Waals surface area contributed by atoms with Gasteiger partial charge in [0.1, 0.15) is 23.0 Å². The van der Waals surface area contributed by atoms with Crippen LogP contribution in [-0.2, 0) is 66.5 Å². The first-order valence-corrected chi connectivity index (χ1v) is 21.7. The third-order valence-corrected chi connectivity index (χ3v) is 11.4. The lowest BCUT2D eigenvalue weighted by Crippen LogP contribution is -2.19. The van der Waals surface area contributed by atoms with Gasteiger partial charge in [-0.25, -0.2) is 19.2 Å². The van der Waals surface area contributed by atoms with Crippen LogP contribution < -0.4 is 18.9 Å². The van der Waals surface area contributed by atoms with Gasteiger partial charge in [-0.1, -0.05) is 158 Å². The van der Waals surface area contributed by atoms with E-state index in [1.807, 2.05) is 48.5 Å². The van der Waals surface area contributed by atoms with Gasteiger partial charge in [-0.15, -0.1) is 0 Å². The number of fused-ring (bicyclic) bond motifs is 8. The van der Waals surface area contributed by atoms with E-state index in [4.69, 9.17) is 18.9 Å². The van der Waals surface area contributed by atoms with E-state index < -0.39 is 23.9 Å². The Morgan fingerprint density at radius 2 is 0.484 bits per heavy atom. The second kappa shape index (κ2) is 18.4. The standard InChI is InChI=1S/C56H64O8/c1-17-45(57)61-49-33-21-35-27-42(54(8,9)10)29-37(50(35)62-46(58)18-2)23-39-31-44(56(14,15)16)32-40(52(39)64-48(60)20-4)24-38-30-43(55(11,12)13)28-36(51(38)63-47(59)19-3)22-34(49)26-41(25-33)53(5,6)7/h17-20,25-32H,1-4,21-24H2,5-16H3. The van der Waals surface area contributed by atoms with Crippen molar-refractivity contribution in [2.75, 3.05) is 0 Å². The molecule has 0 aliphatic heterocycles. The highest BCUT2D eigenvalue weighted by Crippen LogP contribution is 2.44. The molecule has 8 bridgehead atoms. The zero-order chi connectivity index (χ0) is 47.7. The van der Waals surface area contributed by atoms with Gasteiger partial charge < -0.3 is 18.9 Å². The molecule has 8 nitrogen and oxygen atoms in total. The zero-order valence-electron chi connectivity index (χ0n) is 39.9. The fourth-order valence-corrected chi connectivity index (χ4v) is 7.71. The molecule has 336 valence electrons. The minimum Gasteiger partial charge on any atom is -0.423 e. The molecule has 5 rings (SSSR count). The minimum atomic E-state index is -0.653. The summed E-state index contributed by atoms with van der Waals surface area (Å²) in [5.41, 5.74) is 7.64. The summed E-state index contributed by atoms with van der Waals surface area (Å²) in [5, 5.41) is 0. The molecule has 1 aliphatic rings. The number of benzene rings is 4. The third-order valence-electron chi connectivity index (χ3n) is 11.4. The molecule has 0 fully saturated rings. The van der Waals surface area contributed by atoms with E-state index in [-0.39, 0.29) is 47.3 Å². The molecule has 0 saturated heterocycles. The van der Waals surface area contributed by atoms with Gasteiger partial charge in [0.05, 0.1) is 0 Å². The summed E-state index contributed by atoms with van der Waals surface area (Å²) in [4.78, 5) is 53.5. The summed E-state index contributed by atoms with van der Waals surface area (Å²) in [6.45, 7) is 40.2. The van der Waals surface area contributed by atoms with Crippen LogP contribution in [0.5, 0.6) is 23.0 Å². The first-order valence-electron chi connectivity index (χ1n) is 21.7. The van der Waals surface area contributed by atoms with E-state index in [9.17, 15) is 19.2 Å². The molecule has 0 spiro atoms. The Morgan fingerprint density at radius 1 is 0.344 bits per heavy atom. The molecular formula is C56H64O8. The van der Waals surface area contributed by atoms with E-state index in [0.29, 0.717) is 67.5 Å². The van der Waals surface area contributed by atoms with Crippen LogP contribution in [0.1, 0.15) is 150 Å². The van der Waals surface area contributed by atoms with Gasteiger partial charge in [0.2, 0.25) is 0 Å². The second-order valence-electron chi connectivity index (χ2n) is 20.7. The summed E-state index contributed by atoms with van der Waals surface area (Å²) in [6, 6.07) is 16.2. The van der Waals surface area contributed by atoms with Crippen molar-refractivity contribution in [1.82, 2.24) is 0 Å². The molecule has 0 unspecified atom stereocenters. The van der Waals surface area contributed by atoms with Crippen LogP contribution in [0, 0.1) is 0 Å². The van der Waals surface area contributed by atoms with E-state index in [1.54, 1.807) is 0 Å². The van der Waals surface area contributed by atoms with E-state index in [2.05, 4.69) is 109 Å². The Bertz CT molecular complexity index is 2120. The van der Waals surface area contributed by atoms with Crippen molar-refractivity contribution in [3.8, 4) is 23.0 Å². The first-order chi connectivity index (χ1) is 29.7. The Kier molecular flexibility index (Phi) is 14.0. The van der Waals surface area contributed by atoms with Gasteiger partial charge >= 0.3 is 23.9 Å². The van der Waals surface area contributed by atoms with E-state index in [0.717, 1.165) is 46.6 Å². The molecule has 0 radical (unpaired) electrons. The van der Waals surface area contributed by atoms with Crippen LogP contribution in [-0.4, -0.2) is 23.9 Å². The maximum Gasteiger partial charge on any atom is 0.335 e. The Balaban J connectivity index is 2.10. The molecule has 0 heterocycles. The fourth-order valence-electron chi connectivity index (χ4n) is 7.71. The molecule has 64 heavy (non-hydrogen) atoms. The van der Waals surface area contributed by atoms with Crippen LogP contribution in [0.3, 0.4) is 0 Å². The van der Waals surface area contributed by atoms with Crippen molar-refractivity contribution in [1.29, 1.82) is 0 Å². The maximum atomic E-state index is 13.4. The second-order valence-corrected chi connectivity index (χ2v) is 20.7. The number of carbonyl (C=O) groups excluding carboxylic acids is 4. The highest BCUT2D eigenvalue weighted by atomic mass is 16.5. The average molecular weight is 865 g/mol. The summed E-state index contributed by atoms with van der Waals surface area (Å²) in [5.74, 6) is -1.35. The van der Waals surface area contributed by atoms with Crippen molar-refractivity contribution < 1.29 is 38.1 Å². The number of carbonyl (C=O) groups is 4. The van der Waals surface area contributed by atoms with E-state index in [1.165, 1.54) is 0 Å². The van der Waals surface area contributed by atoms with E-state index >= 15 is 0 Å². The summed E-state index contributed by atoms with van der Waals surface area (Å²) in [7, 11) is 0. The molecule has 4 aromatic carbocycles. The smallest absolute Gasteiger partial charge is 0.335 e. The number of rotatable bonds is 8. The fraction of sp³-hybridized carbons (Fsp3) is 0.357. The Labute approximate surface area is 380 Å². The number of ether oxygens (including phenoxy) is 4. The Hall–Kier alpha value is -6.28. The summed E-state index contributed by atoms with van der Waals surface area (Å²) < 4.78 is 25.0. The normalized spacial score (nSPS) is 12.9. The van der Waals surface area contributed by atoms with Crippen molar-refractivity contribution in [3.05, 3.63) is 166 Å². The van der Waals surface area contributed by atoms with Gasteiger partial charge in [0.25, 0.3) is 0 Å². The largest absolute Gasteiger partial charge is 0.423 e. The molecule has 0 saturated carbocycles. The monoisotopic (exact) mass is 864 g/mol. The van der Waals surface area contributed by atoms with Crippen molar-refractivity contribution in [2.45, 2.75) is 130 Å². The molecule has 8 heteroatoms. The lowest BCUT2D eigenvalue weighted by molar-refractivity contribution is -0.129. The predicted octanol–water partition coefficient (Wildman–Crippen LogP) is 11.9. The van der Waals surface area contributed by atoms with Gasteiger partial charge in [0, 0.05) is 94.5 Å². The third kappa shape index (κ3) is 11.3. The SMILES string of the molecule is C=CC(=O)Oc1c2cc(C(C)(C)C)cc1Cc1cc(C(C)(C)C)cc(c1OC(=O)C=C)Cc1cc(C(C)(C)C)cc(c1OC(=O)C=C)Cc1cc(C(C)(C)C)cc(c1OC(=O)C=C)C2. The van der Waals surface area contributed by atoms with Gasteiger partial charge in [-0.05, 0) is 43.9 Å². The number of hydrogen-bond acceptors (Lipinski definition) is 8. The first kappa shape index (κ1) is 48.7. The highest BCUT2D eigenvalue weighted by Gasteiger charge is 2.31. The zero-order valence-corrected chi connectivity index (χ0v) is 39.9. The molecule has 0 aromatic heterocycles. The molecule has 0 N–H and O–H groups in total. The molecular weight excluding hydrogens is 801 g/mol. The predicted molar refractivity (Wildman–Crippen MR) is 255 cm³/mol. The van der Waals surface area contributed by atoms with Crippen LogP contribution >= 0.6 is 0 Å². The van der Waals surface area contributed by atoms with Gasteiger partial charge in [-0.3, -0.25) is 0 Å². The van der Waals surface area contributed by atoms with Crippen LogP contribution in [0.4, 0.5) is 0 Å². The topological polar surface area (TPSA) is 105 Å². The molecule has 0 atom stereocenters. The summed E-state index contributed by atoms with van der Waals surface area (Å²) >= 11 is 0. The maximum absolute atomic E-state index is 13.4. The molecule has 0 amide bonds. The number of esters is 4. The summed E-state index contributed by atoms with van der Waals surface area (Å²) in [6.07, 6.45) is 5.18. The molecule has 1 aliphatic carbocycles. The molecule has 4 aromatic rings. The lowest BCUT2D eigenvalue weighted by Gasteiger charge is -2.28. The van der Waals surface area contributed by atoms with Crippen LogP contribution in [0.25, 0.3) is 0 Å². The lowest BCUT2D eigenvalue weighted by atomic mass is 9.79. The Morgan fingerprint density at radius 3 is 0.594 bits per heavy atom. The van der Waals surface area contributed by atoms with Gasteiger partial charge in [-0.2, -0.15) is 0 Å². The van der Waals surface area contributed by atoms with Crippen molar-refractivity contribution in [2.24, 2.45) is 0 Å². The minimum absolute atomic E-state index is 0.171.